The molecule has 0 unspecified atom stereocenters. The van der Waals surface area contributed by atoms with E-state index in [1.807, 2.05) is 6.92 Å². The summed E-state index contributed by atoms with van der Waals surface area (Å²) in [6, 6.07) is 0. The lowest BCUT2D eigenvalue weighted by Gasteiger charge is -2.24. The van der Waals surface area contributed by atoms with E-state index in [1.165, 1.54) is 0 Å². The number of aliphatic hydroxyl groups excluding tert-OH is 6. The summed E-state index contributed by atoms with van der Waals surface area (Å²) in [4.78, 5) is 9.60. The first kappa shape index (κ1) is 19.6. The second-order valence-electron chi connectivity index (χ2n) is 3.62. The zero-order valence-electron chi connectivity index (χ0n) is 10.2. The molecule has 7 N–H and O–H groups in total. The number of hydrogen-bond donors (Lipinski definition) is 7. The predicted molar refractivity (Wildman–Crippen MR) is 60.7 cm³/mol. The molecule has 8 heteroatoms. The Bertz CT molecular complexity index is 196. The average molecular weight is 270 g/mol. The molecule has 0 saturated carbocycles. The van der Waals surface area contributed by atoms with Gasteiger partial charge in [0.1, 0.15) is 24.4 Å². The van der Waals surface area contributed by atoms with E-state index in [4.69, 9.17) is 35.7 Å². The van der Waals surface area contributed by atoms with Crippen molar-refractivity contribution < 1.29 is 40.5 Å². The van der Waals surface area contributed by atoms with E-state index in [2.05, 4.69) is 0 Å². The highest BCUT2D eigenvalue weighted by Gasteiger charge is 2.29. The van der Waals surface area contributed by atoms with Crippen molar-refractivity contribution in [2.24, 2.45) is 0 Å². The lowest BCUT2D eigenvalue weighted by molar-refractivity contribution is -0.137. The molecule has 0 aliphatic carbocycles. The standard InChI is InChI=1S/C6H14O6.C4H8O2/c7-1-3(9)5(11)6(12)4(10)2-8;1-2-3-4(5)6/h3-12H,1-2H2;2-3H2,1H3,(H,5,6)/t3-,4+,5-,6-;/m1./s1. The number of aliphatic hydroxyl groups is 6. The number of carbonyl (C=O) groups is 1. The molecule has 0 rings (SSSR count). The third-order valence-electron chi connectivity index (χ3n) is 1.98. The molecule has 18 heavy (non-hydrogen) atoms. The normalized spacial score (nSPS) is 17.1. The van der Waals surface area contributed by atoms with Crippen molar-refractivity contribution in [2.75, 3.05) is 13.2 Å². The van der Waals surface area contributed by atoms with Crippen LogP contribution in [0.4, 0.5) is 0 Å². The lowest BCUT2D eigenvalue weighted by atomic mass is 10.0. The van der Waals surface area contributed by atoms with E-state index >= 15 is 0 Å². The summed E-state index contributed by atoms with van der Waals surface area (Å²) in [7, 11) is 0. The van der Waals surface area contributed by atoms with Crippen LogP contribution in [0.2, 0.25) is 0 Å². The van der Waals surface area contributed by atoms with Crippen molar-refractivity contribution in [3.05, 3.63) is 0 Å². The fourth-order valence-electron chi connectivity index (χ4n) is 0.885. The molecule has 0 spiro atoms. The molecular weight excluding hydrogens is 248 g/mol. The third kappa shape index (κ3) is 9.28. The average Bonchev–Trinajstić information content (AvgIpc) is 2.35. The van der Waals surface area contributed by atoms with Crippen LogP contribution >= 0.6 is 0 Å². The van der Waals surface area contributed by atoms with Crippen LogP contribution in [-0.2, 0) is 4.79 Å². The Labute approximate surface area is 105 Å². The first-order valence-corrected chi connectivity index (χ1v) is 5.47. The van der Waals surface area contributed by atoms with Crippen molar-refractivity contribution in [3.8, 4) is 0 Å². The molecule has 8 nitrogen and oxygen atoms in total. The van der Waals surface area contributed by atoms with Gasteiger partial charge in [0.05, 0.1) is 13.2 Å². The van der Waals surface area contributed by atoms with Gasteiger partial charge in [0.25, 0.3) is 0 Å². The lowest BCUT2D eigenvalue weighted by Crippen LogP contribution is -2.46. The smallest absolute Gasteiger partial charge is 0.303 e. The maximum Gasteiger partial charge on any atom is 0.303 e. The van der Waals surface area contributed by atoms with Crippen LogP contribution in [0.25, 0.3) is 0 Å². The number of hydrogen-bond acceptors (Lipinski definition) is 7. The summed E-state index contributed by atoms with van der Waals surface area (Å²) in [5.74, 6) is -0.711. The van der Waals surface area contributed by atoms with Crippen LogP contribution in [-0.4, -0.2) is 79.3 Å². The van der Waals surface area contributed by atoms with Gasteiger partial charge in [-0.3, -0.25) is 4.79 Å². The molecule has 0 saturated heterocycles. The molecular formula is C10H22O8. The topological polar surface area (TPSA) is 159 Å². The quantitative estimate of drug-likeness (QED) is 0.263. The van der Waals surface area contributed by atoms with Gasteiger partial charge in [0.2, 0.25) is 0 Å². The van der Waals surface area contributed by atoms with E-state index < -0.39 is 43.6 Å². The Hall–Kier alpha value is -0.770. The second kappa shape index (κ2) is 11.3. The summed E-state index contributed by atoms with van der Waals surface area (Å²) in [6.07, 6.45) is -5.37. The van der Waals surface area contributed by atoms with Gasteiger partial charge in [-0.05, 0) is 6.42 Å². The maximum absolute atomic E-state index is 9.60. The fourth-order valence-corrected chi connectivity index (χ4v) is 0.885. The monoisotopic (exact) mass is 270 g/mol. The Morgan fingerprint density at radius 1 is 0.944 bits per heavy atom. The highest BCUT2D eigenvalue weighted by molar-refractivity contribution is 5.66. The molecule has 0 amide bonds. The molecule has 0 heterocycles. The third-order valence-corrected chi connectivity index (χ3v) is 1.98. The molecule has 110 valence electrons. The summed E-state index contributed by atoms with van der Waals surface area (Å²) < 4.78 is 0. The van der Waals surface area contributed by atoms with E-state index in [0.717, 1.165) is 6.42 Å². The fraction of sp³-hybridized carbons (Fsp3) is 0.900. The predicted octanol–water partition coefficient (Wildman–Crippen LogP) is -2.71. The SMILES string of the molecule is CCCC(=O)O.OC[C@@H](O)[C@@H](O)[C@H](O)[C@@H](O)CO. The maximum atomic E-state index is 9.60. The zero-order chi connectivity index (χ0) is 14.7. The van der Waals surface area contributed by atoms with Crippen molar-refractivity contribution in [2.45, 2.75) is 44.2 Å². The first-order chi connectivity index (χ1) is 8.31. The minimum Gasteiger partial charge on any atom is -0.481 e. The Morgan fingerprint density at radius 2 is 1.28 bits per heavy atom. The minimum atomic E-state index is -1.67. The van der Waals surface area contributed by atoms with Crippen molar-refractivity contribution in [1.82, 2.24) is 0 Å². The van der Waals surface area contributed by atoms with Gasteiger partial charge in [0, 0.05) is 6.42 Å². The summed E-state index contributed by atoms with van der Waals surface area (Å²) in [6.45, 7) is 0.390. The first-order valence-electron chi connectivity index (χ1n) is 5.47. The van der Waals surface area contributed by atoms with E-state index in [-0.39, 0.29) is 0 Å². The number of rotatable bonds is 7. The largest absolute Gasteiger partial charge is 0.481 e. The number of aliphatic carboxylic acids is 1. The molecule has 0 aromatic rings. The molecule has 0 aromatic carbocycles. The van der Waals surface area contributed by atoms with Crippen LogP contribution < -0.4 is 0 Å². The minimum absolute atomic E-state index is 0.292. The van der Waals surface area contributed by atoms with Gasteiger partial charge < -0.3 is 35.7 Å². The molecule has 0 aliphatic rings. The Kier molecular flexibility index (Phi) is 12.3. The van der Waals surface area contributed by atoms with Crippen LogP contribution in [0, 0.1) is 0 Å². The molecule has 0 bridgehead atoms. The second-order valence-corrected chi connectivity index (χ2v) is 3.62. The van der Waals surface area contributed by atoms with Crippen molar-refractivity contribution in [3.63, 3.8) is 0 Å². The molecule has 4 atom stereocenters. The highest BCUT2D eigenvalue weighted by Crippen LogP contribution is 2.03. The van der Waals surface area contributed by atoms with Crippen molar-refractivity contribution >= 4 is 5.97 Å². The van der Waals surface area contributed by atoms with E-state index in [0.29, 0.717) is 6.42 Å². The Morgan fingerprint density at radius 3 is 1.39 bits per heavy atom. The van der Waals surface area contributed by atoms with E-state index in [1.54, 1.807) is 0 Å². The van der Waals surface area contributed by atoms with Gasteiger partial charge in [-0.2, -0.15) is 0 Å². The summed E-state index contributed by atoms with van der Waals surface area (Å²) in [5, 5.41) is 60.1. The molecule has 0 radical (unpaired) electrons. The van der Waals surface area contributed by atoms with Crippen LogP contribution in [0.1, 0.15) is 19.8 Å². The summed E-state index contributed by atoms with van der Waals surface area (Å²) >= 11 is 0. The number of carboxylic acid groups (broad SMARTS) is 1. The van der Waals surface area contributed by atoms with Gasteiger partial charge in [-0.15, -0.1) is 0 Å². The van der Waals surface area contributed by atoms with Gasteiger partial charge >= 0.3 is 5.97 Å². The Balaban J connectivity index is 0. The van der Waals surface area contributed by atoms with Gasteiger partial charge in [-0.1, -0.05) is 6.92 Å². The zero-order valence-corrected chi connectivity index (χ0v) is 10.2. The van der Waals surface area contributed by atoms with Crippen LogP contribution in [0.3, 0.4) is 0 Å². The summed E-state index contributed by atoms with van der Waals surface area (Å²) in [5.41, 5.74) is 0. The van der Waals surface area contributed by atoms with Gasteiger partial charge in [-0.25, -0.2) is 0 Å². The molecule has 0 aromatic heterocycles. The van der Waals surface area contributed by atoms with Gasteiger partial charge in [0.15, 0.2) is 0 Å². The van der Waals surface area contributed by atoms with Crippen molar-refractivity contribution in [1.29, 1.82) is 0 Å². The molecule has 0 fully saturated rings. The highest BCUT2D eigenvalue weighted by atomic mass is 16.4. The van der Waals surface area contributed by atoms with Crippen LogP contribution in [0.15, 0.2) is 0 Å². The van der Waals surface area contributed by atoms with Crippen LogP contribution in [0.5, 0.6) is 0 Å². The number of carboxylic acids is 1. The van der Waals surface area contributed by atoms with E-state index in [9.17, 15) is 4.79 Å². The molecule has 0 aliphatic heterocycles.